The minimum Gasteiger partial charge on any atom is -0.310 e. The fraction of sp³-hybridized carbons (Fsp3) is 0.348. The van der Waals surface area contributed by atoms with Crippen LogP contribution in [-0.2, 0) is 24.9 Å². The molecule has 0 saturated heterocycles. The van der Waals surface area contributed by atoms with E-state index in [1.54, 1.807) is 12.3 Å². The number of hydrogen-bond donors (Lipinski definition) is 1. The number of hydrogen-bond acceptors (Lipinski definition) is 4. The molecule has 2 aromatic heterocycles. The number of nitrogens with one attached hydrogen (secondary N) is 1. The second-order valence-corrected chi connectivity index (χ2v) is 8.73. The van der Waals surface area contributed by atoms with E-state index in [1.165, 1.54) is 6.07 Å². The highest BCUT2D eigenvalue weighted by atomic mass is 19.2. The maximum absolute atomic E-state index is 13.5. The molecule has 0 aliphatic carbocycles. The van der Waals surface area contributed by atoms with Crippen LogP contribution in [0.15, 0.2) is 41.3 Å². The molecule has 156 valence electrons. The first-order valence-electron chi connectivity index (χ1n) is 9.96. The predicted molar refractivity (Wildman–Crippen MR) is 111 cm³/mol. The van der Waals surface area contributed by atoms with Gasteiger partial charge in [-0.25, -0.2) is 13.8 Å². The van der Waals surface area contributed by atoms with Crippen LogP contribution in [0.2, 0.25) is 0 Å². The van der Waals surface area contributed by atoms with Crippen molar-refractivity contribution in [1.29, 1.82) is 0 Å². The fourth-order valence-corrected chi connectivity index (χ4v) is 3.57. The maximum atomic E-state index is 13.5. The average molecular weight is 410 g/mol. The van der Waals surface area contributed by atoms with Crippen LogP contribution in [0, 0.1) is 11.6 Å². The van der Waals surface area contributed by atoms with Gasteiger partial charge >= 0.3 is 0 Å². The lowest BCUT2D eigenvalue weighted by molar-refractivity contribution is 0.240. The molecule has 1 aromatic carbocycles. The van der Waals surface area contributed by atoms with Gasteiger partial charge in [0.25, 0.3) is 5.56 Å². The van der Waals surface area contributed by atoms with Gasteiger partial charge in [-0.15, -0.1) is 0 Å². The number of nitrogens with zero attached hydrogens (tertiary/aromatic N) is 3. The van der Waals surface area contributed by atoms with Gasteiger partial charge in [0.05, 0.1) is 17.0 Å². The molecule has 0 unspecified atom stereocenters. The largest absolute Gasteiger partial charge is 0.310 e. The molecule has 1 N–H and O–H groups in total. The Bertz CT molecular complexity index is 1130. The van der Waals surface area contributed by atoms with E-state index < -0.39 is 11.6 Å². The van der Waals surface area contributed by atoms with Crippen molar-refractivity contribution in [3.63, 3.8) is 0 Å². The summed E-state index contributed by atoms with van der Waals surface area (Å²) in [7, 11) is 0. The first-order chi connectivity index (χ1) is 14.2. The second kappa shape index (κ2) is 7.72. The third-order valence-corrected chi connectivity index (χ3v) is 5.30. The quantitative estimate of drug-likeness (QED) is 0.710. The smallest absolute Gasteiger partial charge is 0.255 e. The summed E-state index contributed by atoms with van der Waals surface area (Å²) in [5, 5.41) is 0. The SMILES string of the molecule is CC(C)(C)c1nc2c(c(=O)[nH]1)CN(Cc1ccc(-c3ccc(F)c(F)c3)nc1)CC2. The summed E-state index contributed by atoms with van der Waals surface area (Å²) in [4.78, 5) is 26.8. The van der Waals surface area contributed by atoms with Crippen molar-refractivity contribution >= 4 is 0 Å². The number of pyridine rings is 1. The Morgan fingerprint density at radius 1 is 1.13 bits per heavy atom. The highest BCUT2D eigenvalue weighted by Crippen LogP contribution is 2.23. The molecule has 3 heterocycles. The number of aromatic amines is 1. The molecule has 0 bridgehead atoms. The summed E-state index contributed by atoms with van der Waals surface area (Å²) in [6.45, 7) is 8.08. The molecule has 0 atom stereocenters. The summed E-state index contributed by atoms with van der Waals surface area (Å²) in [6, 6.07) is 7.47. The lowest BCUT2D eigenvalue weighted by atomic mass is 9.95. The van der Waals surface area contributed by atoms with Crippen LogP contribution in [0.25, 0.3) is 11.3 Å². The molecule has 0 amide bonds. The molecular weight excluding hydrogens is 386 g/mol. The molecule has 1 aliphatic heterocycles. The van der Waals surface area contributed by atoms with Crippen molar-refractivity contribution in [3.8, 4) is 11.3 Å². The number of fused-ring (bicyclic) bond motifs is 1. The molecular formula is C23H24F2N4O. The van der Waals surface area contributed by atoms with E-state index in [0.29, 0.717) is 24.3 Å². The van der Waals surface area contributed by atoms with Crippen LogP contribution < -0.4 is 5.56 Å². The molecule has 30 heavy (non-hydrogen) atoms. The van der Waals surface area contributed by atoms with Gasteiger partial charge in [0.15, 0.2) is 11.6 Å². The fourth-order valence-electron chi connectivity index (χ4n) is 3.57. The predicted octanol–water partition coefficient (Wildman–Crippen LogP) is 3.97. The Kier molecular flexibility index (Phi) is 5.24. The Labute approximate surface area is 173 Å². The van der Waals surface area contributed by atoms with E-state index in [2.05, 4.69) is 14.9 Å². The van der Waals surface area contributed by atoms with Gasteiger partial charge in [0, 0.05) is 43.2 Å². The minimum atomic E-state index is -0.890. The van der Waals surface area contributed by atoms with E-state index in [4.69, 9.17) is 4.98 Å². The lowest BCUT2D eigenvalue weighted by Gasteiger charge is -2.28. The summed E-state index contributed by atoms with van der Waals surface area (Å²) in [6.07, 6.45) is 2.46. The first-order valence-corrected chi connectivity index (χ1v) is 9.96. The number of halogens is 2. The van der Waals surface area contributed by atoms with Crippen LogP contribution in [0.5, 0.6) is 0 Å². The highest BCUT2D eigenvalue weighted by molar-refractivity contribution is 5.59. The molecule has 1 aliphatic rings. The zero-order valence-corrected chi connectivity index (χ0v) is 17.3. The van der Waals surface area contributed by atoms with Crippen LogP contribution in [-0.4, -0.2) is 26.4 Å². The Morgan fingerprint density at radius 2 is 1.93 bits per heavy atom. The zero-order valence-electron chi connectivity index (χ0n) is 17.3. The van der Waals surface area contributed by atoms with Crippen LogP contribution in [0.1, 0.15) is 43.4 Å². The Balaban J connectivity index is 1.48. The van der Waals surface area contributed by atoms with Crippen LogP contribution >= 0.6 is 0 Å². The lowest BCUT2D eigenvalue weighted by Crippen LogP contribution is -2.37. The number of benzene rings is 1. The third kappa shape index (κ3) is 4.16. The zero-order chi connectivity index (χ0) is 21.5. The van der Waals surface area contributed by atoms with Crippen molar-refractivity contribution in [1.82, 2.24) is 19.9 Å². The molecule has 4 rings (SSSR count). The van der Waals surface area contributed by atoms with Crippen molar-refractivity contribution in [2.75, 3.05) is 6.54 Å². The summed E-state index contributed by atoms with van der Waals surface area (Å²) < 4.78 is 26.6. The first kappa shape index (κ1) is 20.3. The molecule has 0 spiro atoms. The Hall–Kier alpha value is -2.93. The summed E-state index contributed by atoms with van der Waals surface area (Å²) in [5.74, 6) is -1.05. The van der Waals surface area contributed by atoms with E-state index >= 15 is 0 Å². The van der Waals surface area contributed by atoms with Crippen molar-refractivity contribution in [2.24, 2.45) is 0 Å². The van der Waals surface area contributed by atoms with E-state index in [9.17, 15) is 13.6 Å². The van der Waals surface area contributed by atoms with Crippen LogP contribution in [0.3, 0.4) is 0 Å². The molecule has 0 saturated carbocycles. The normalized spacial score (nSPS) is 14.6. The van der Waals surface area contributed by atoms with Gasteiger partial charge in [-0.05, 0) is 29.8 Å². The van der Waals surface area contributed by atoms with Gasteiger partial charge in [-0.3, -0.25) is 14.7 Å². The third-order valence-electron chi connectivity index (χ3n) is 5.30. The maximum Gasteiger partial charge on any atom is 0.255 e. The minimum absolute atomic E-state index is 0.0681. The molecule has 7 heteroatoms. The number of H-pyrrole nitrogens is 1. The summed E-state index contributed by atoms with van der Waals surface area (Å²) >= 11 is 0. The molecule has 0 fully saturated rings. The second-order valence-electron chi connectivity index (χ2n) is 8.73. The van der Waals surface area contributed by atoms with Gasteiger partial charge in [-0.1, -0.05) is 26.8 Å². The summed E-state index contributed by atoms with van der Waals surface area (Å²) in [5.41, 5.74) is 3.43. The number of aromatic nitrogens is 3. The number of rotatable bonds is 3. The van der Waals surface area contributed by atoms with Crippen molar-refractivity contribution in [2.45, 2.75) is 45.7 Å². The standard InChI is InChI=1S/C23H24F2N4O/c1-23(2,3)22-27-20-8-9-29(13-16(20)21(30)28-22)12-14-4-7-19(26-11-14)15-5-6-17(24)18(25)10-15/h4-7,10-11H,8-9,12-13H2,1-3H3,(H,27,28,30). The highest BCUT2D eigenvalue weighted by Gasteiger charge is 2.24. The Morgan fingerprint density at radius 3 is 2.60 bits per heavy atom. The van der Waals surface area contributed by atoms with Gasteiger partial charge in [0.2, 0.25) is 0 Å². The van der Waals surface area contributed by atoms with E-state index in [-0.39, 0.29) is 11.0 Å². The van der Waals surface area contributed by atoms with Gasteiger partial charge < -0.3 is 4.98 Å². The van der Waals surface area contributed by atoms with Gasteiger partial charge in [0.1, 0.15) is 5.82 Å². The average Bonchev–Trinajstić information content (AvgIpc) is 2.70. The topological polar surface area (TPSA) is 61.9 Å². The van der Waals surface area contributed by atoms with Gasteiger partial charge in [-0.2, -0.15) is 0 Å². The van der Waals surface area contributed by atoms with Crippen molar-refractivity contribution in [3.05, 3.63) is 81.2 Å². The van der Waals surface area contributed by atoms with Crippen molar-refractivity contribution < 1.29 is 8.78 Å². The molecule has 0 radical (unpaired) electrons. The molecule has 5 nitrogen and oxygen atoms in total. The van der Waals surface area contributed by atoms with E-state index in [1.807, 2.05) is 26.8 Å². The monoisotopic (exact) mass is 410 g/mol. The molecule has 3 aromatic rings. The van der Waals surface area contributed by atoms with Crippen LogP contribution in [0.4, 0.5) is 8.78 Å². The van der Waals surface area contributed by atoms with E-state index in [0.717, 1.165) is 47.7 Å².